The van der Waals surface area contributed by atoms with E-state index in [1.165, 1.54) is 30.5 Å². The molecule has 0 radical (unpaired) electrons. The van der Waals surface area contributed by atoms with E-state index in [-0.39, 0.29) is 35.6 Å². The first-order valence-electron chi connectivity index (χ1n) is 21.5. The molecule has 0 spiro atoms. The van der Waals surface area contributed by atoms with Crippen LogP contribution >= 0.6 is 0 Å². The summed E-state index contributed by atoms with van der Waals surface area (Å²) < 4.78 is 28.6. The van der Waals surface area contributed by atoms with E-state index < -0.39 is 23.6 Å². The number of amides is 5. The van der Waals surface area contributed by atoms with Gasteiger partial charge in [0.1, 0.15) is 17.7 Å². The number of nitrogens with one attached hydrogen (secondary N) is 2. The Labute approximate surface area is 355 Å². The maximum Gasteiger partial charge on any atom is 0.256 e. The topological polar surface area (TPSA) is 135 Å². The number of anilines is 1. The van der Waals surface area contributed by atoms with Crippen molar-refractivity contribution in [1.29, 1.82) is 0 Å². The third kappa shape index (κ3) is 11.3. The first-order chi connectivity index (χ1) is 29.6. The second kappa shape index (κ2) is 20.5. The van der Waals surface area contributed by atoms with E-state index in [4.69, 9.17) is 0 Å². The Kier molecular flexibility index (Phi) is 14.5. The molecule has 0 aliphatic carbocycles. The third-order valence-corrected chi connectivity index (χ3v) is 12.1. The molecule has 4 aliphatic heterocycles. The molecule has 4 aliphatic rings. The van der Waals surface area contributed by atoms with E-state index in [1.807, 2.05) is 18.2 Å². The van der Waals surface area contributed by atoms with Gasteiger partial charge in [-0.2, -0.15) is 0 Å². The molecule has 5 heterocycles. The van der Waals surface area contributed by atoms with E-state index in [1.54, 1.807) is 21.9 Å². The van der Waals surface area contributed by atoms with Gasteiger partial charge in [0.25, 0.3) is 11.8 Å². The number of piperazine rings is 1. The van der Waals surface area contributed by atoms with E-state index in [9.17, 15) is 28.4 Å². The maximum absolute atomic E-state index is 15.4. The number of pyridine rings is 1. The molecule has 0 bridgehead atoms. The van der Waals surface area contributed by atoms with Crippen molar-refractivity contribution in [2.45, 2.75) is 76.8 Å². The quantitative estimate of drug-likeness (QED) is 0.0911. The molecule has 3 aromatic rings. The van der Waals surface area contributed by atoms with Crippen LogP contribution in [-0.2, 0) is 20.9 Å². The lowest BCUT2D eigenvalue weighted by molar-refractivity contribution is -0.137. The summed E-state index contributed by atoms with van der Waals surface area (Å²) in [7, 11) is 0. The zero-order valence-electron chi connectivity index (χ0n) is 34.5. The monoisotopic (exact) mass is 833 g/mol. The van der Waals surface area contributed by atoms with Crippen LogP contribution in [0.25, 0.3) is 6.08 Å². The Morgan fingerprint density at radius 3 is 2.59 bits per heavy atom. The molecule has 320 valence electrons. The lowest BCUT2D eigenvalue weighted by Crippen LogP contribution is -2.52. The molecule has 7 rings (SSSR count). The van der Waals surface area contributed by atoms with Gasteiger partial charge in [-0.15, -0.1) is 0 Å². The van der Waals surface area contributed by atoms with Gasteiger partial charge in [-0.05, 0) is 105 Å². The molecule has 2 atom stereocenters. The number of piperidine rings is 1. The highest BCUT2D eigenvalue weighted by atomic mass is 19.1. The van der Waals surface area contributed by atoms with Gasteiger partial charge in [-0.1, -0.05) is 30.7 Å². The lowest BCUT2D eigenvalue weighted by Gasteiger charge is -2.36. The van der Waals surface area contributed by atoms with Crippen LogP contribution in [0.15, 0.2) is 60.9 Å². The predicted octanol–water partition coefficient (Wildman–Crippen LogP) is 5.32. The van der Waals surface area contributed by atoms with Crippen molar-refractivity contribution in [2.75, 3.05) is 57.3 Å². The average Bonchev–Trinajstić information content (AvgIpc) is 3.87. The molecule has 2 aromatic carbocycles. The Morgan fingerprint density at radius 1 is 0.934 bits per heavy atom. The van der Waals surface area contributed by atoms with Crippen molar-refractivity contribution in [3.63, 3.8) is 0 Å². The maximum atomic E-state index is 15.4. The van der Waals surface area contributed by atoms with Crippen molar-refractivity contribution in [2.24, 2.45) is 5.92 Å². The highest BCUT2D eigenvalue weighted by Crippen LogP contribution is 2.30. The molecule has 0 saturated carbocycles. The molecule has 1 aromatic heterocycles. The van der Waals surface area contributed by atoms with Gasteiger partial charge in [0, 0.05) is 94.3 Å². The molecule has 12 nitrogen and oxygen atoms in total. The van der Waals surface area contributed by atoms with Crippen molar-refractivity contribution >= 4 is 41.3 Å². The standard InChI is InChI=1S/C47H53F2N7O5/c48-36-27-34(29-50-30-36)13-17-43(57)51-20-6-5-9-33-19-22-55(31-33)46(60)39-15-14-37(28-41(39)49)54-25-23-53(24-26-54)21-7-3-1-2-4-10-35-11-8-12-38-40(35)32-56(47(38)61)42-16-18-44(58)52-45(42)59/h8,11-15,17,27-30,33,42H,1-3,5-7,9,16,18-26,31-32H2,(H,51,57)(H,52,58,59)/b17-13+. The van der Waals surface area contributed by atoms with Crippen LogP contribution in [0.5, 0.6) is 0 Å². The average molecular weight is 834 g/mol. The van der Waals surface area contributed by atoms with Crippen molar-refractivity contribution in [3.8, 4) is 11.8 Å². The number of hydrogen-bond donors (Lipinski definition) is 2. The van der Waals surface area contributed by atoms with Crippen molar-refractivity contribution in [1.82, 2.24) is 30.3 Å². The minimum Gasteiger partial charge on any atom is -0.369 e. The number of benzene rings is 2. The number of likely N-dealkylation sites (tertiary alicyclic amines) is 1. The molecule has 3 saturated heterocycles. The van der Waals surface area contributed by atoms with Gasteiger partial charge in [0.15, 0.2) is 0 Å². The summed E-state index contributed by atoms with van der Waals surface area (Å²) in [6, 6.07) is 11.1. The number of nitrogens with zero attached hydrogens (tertiary/aromatic N) is 5. The molecule has 2 N–H and O–H groups in total. The molecule has 2 unspecified atom stereocenters. The fourth-order valence-electron chi connectivity index (χ4n) is 8.63. The summed E-state index contributed by atoms with van der Waals surface area (Å²) in [6.45, 7) is 6.33. The fourth-order valence-corrected chi connectivity index (χ4v) is 8.63. The molecular formula is C47H53F2N7O5. The van der Waals surface area contributed by atoms with Crippen LogP contribution in [0.3, 0.4) is 0 Å². The molecule has 3 fully saturated rings. The van der Waals surface area contributed by atoms with Gasteiger partial charge in [0.05, 0.1) is 11.8 Å². The Bertz CT molecular complexity index is 2210. The number of carbonyl (C=O) groups is 5. The fraction of sp³-hybridized carbons (Fsp3) is 0.447. The van der Waals surface area contributed by atoms with Crippen LogP contribution in [0.1, 0.15) is 102 Å². The second-order valence-corrected chi connectivity index (χ2v) is 16.3. The zero-order chi connectivity index (χ0) is 42.7. The van der Waals surface area contributed by atoms with Crippen molar-refractivity contribution in [3.05, 3.63) is 100 Å². The molecule has 61 heavy (non-hydrogen) atoms. The molecular weight excluding hydrogens is 781 g/mol. The first kappa shape index (κ1) is 43.2. The van der Waals surface area contributed by atoms with Crippen LogP contribution in [0.2, 0.25) is 0 Å². The summed E-state index contributed by atoms with van der Waals surface area (Å²) in [5.41, 5.74) is 3.63. The van der Waals surface area contributed by atoms with E-state index in [0.29, 0.717) is 49.6 Å². The number of unbranched alkanes of at least 4 members (excludes halogenated alkanes) is 4. The van der Waals surface area contributed by atoms with Gasteiger partial charge in [0.2, 0.25) is 17.7 Å². The largest absolute Gasteiger partial charge is 0.369 e. The summed E-state index contributed by atoms with van der Waals surface area (Å²) in [6.07, 6.45) is 13.3. The normalized spacial score (nSPS) is 19.2. The van der Waals surface area contributed by atoms with Crippen LogP contribution in [0.4, 0.5) is 14.5 Å². The third-order valence-electron chi connectivity index (χ3n) is 12.1. The van der Waals surface area contributed by atoms with E-state index in [2.05, 4.69) is 37.3 Å². The Morgan fingerprint density at radius 2 is 1.79 bits per heavy atom. The number of carbonyl (C=O) groups excluding carboxylic acids is 5. The second-order valence-electron chi connectivity index (χ2n) is 16.3. The SMILES string of the molecule is O=C(/C=C/c1cncc(F)c1)NCCCCC1CCN(C(=O)c2ccc(N3CCN(CCCCCC#Cc4cccc5c4CN(C4CCC(=O)NC4=O)C5=O)CC3)cc2F)C1. The summed E-state index contributed by atoms with van der Waals surface area (Å²) in [5.74, 6) is 4.47. The Hall–Kier alpha value is -5.94. The smallest absolute Gasteiger partial charge is 0.256 e. The van der Waals surface area contributed by atoms with Gasteiger partial charge in [-0.3, -0.25) is 39.2 Å². The lowest BCUT2D eigenvalue weighted by atomic mass is 10.0. The minimum absolute atomic E-state index is 0.108. The first-order valence-corrected chi connectivity index (χ1v) is 21.5. The van der Waals surface area contributed by atoms with Crippen molar-refractivity contribution < 1.29 is 32.8 Å². The number of halogens is 2. The summed E-state index contributed by atoms with van der Waals surface area (Å²) in [5, 5.41) is 5.18. The van der Waals surface area contributed by atoms with Crippen LogP contribution in [-0.4, -0.2) is 108 Å². The number of imide groups is 1. The minimum atomic E-state index is -0.646. The summed E-state index contributed by atoms with van der Waals surface area (Å²) >= 11 is 0. The van der Waals surface area contributed by atoms with E-state index in [0.717, 1.165) is 107 Å². The van der Waals surface area contributed by atoms with E-state index >= 15 is 4.39 Å². The number of fused-ring (bicyclic) bond motifs is 1. The number of rotatable bonds is 15. The Balaban J connectivity index is 0.762. The predicted molar refractivity (Wildman–Crippen MR) is 227 cm³/mol. The summed E-state index contributed by atoms with van der Waals surface area (Å²) in [4.78, 5) is 74.1. The molecule has 14 heteroatoms. The van der Waals surface area contributed by atoms with Gasteiger partial charge >= 0.3 is 0 Å². The van der Waals surface area contributed by atoms with Crippen LogP contribution in [0, 0.1) is 29.4 Å². The molecule has 5 amide bonds. The number of aromatic nitrogens is 1. The van der Waals surface area contributed by atoms with Gasteiger partial charge < -0.3 is 20.0 Å². The number of hydrogen-bond acceptors (Lipinski definition) is 8. The van der Waals surface area contributed by atoms with Crippen LogP contribution < -0.4 is 15.5 Å². The highest BCUT2D eigenvalue weighted by Gasteiger charge is 2.39. The highest BCUT2D eigenvalue weighted by molar-refractivity contribution is 6.05. The zero-order valence-corrected chi connectivity index (χ0v) is 34.5. The van der Waals surface area contributed by atoms with Gasteiger partial charge in [-0.25, -0.2) is 8.78 Å².